The molecule has 0 radical (unpaired) electrons. The number of carbonyl (C=O) groups excluding carboxylic acids is 1. The molecule has 0 aliphatic heterocycles. The van der Waals surface area contributed by atoms with Crippen molar-refractivity contribution in [3.05, 3.63) is 95.6 Å². The van der Waals surface area contributed by atoms with Crippen LogP contribution in [0.1, 0.15) is 16.7 Å². The Balaban J connectivity index is 1.80. The zero-order valence-electron chi connectivity index (χ0n) is 17.3. The van der Waals surface area contributed by atoms with E-state index in [0.717, 1.165) is 0 Å². The van der Waals surface area contributed by atoms with Crippen LogP contribution < -0.4 is 14.9 Å². The molecule has 0 bridgehead atoms. The fourth-order valence-electron chi connectivity index (χ4n) is 3.06. The van der Waals surface area contributed by atoms with Gasteiger partial charge < -0.3 is 19.7 Å². The van der Waals surface area contributed by atoms with E-state index in [1.807, 2.05) is 0 Å². The number of amides is 1. The summed E-state index contributed by atoms with van der Waals surface area (Å²) in [4.78, 5) is 23.7. The number of nitrogens with one attached hydrogen (secondary N) is 1. The predicted octanol–water partition coefficient (Wildman–Crippen LogP) is 2.54. The van der Waals surface area contributed by atoms with Crippen LogP contribution in [-0.2, 0) is 15.2 Å². The minimum atomic E-state index is -1.94. The molecule has 3 aromatic carbocycles. The van der Waals surface area contributed by atoms with Gasteiger partial charge in [-0.1, -0.05) is 60.7 Å². The Morgan fingerprint density at radius 3 is 2.09 bits per heavy atom. The smallest absolute Gasteiger partial charge is 0.341 e. The number of benzene rings is 3. The maximum absolute atomic E-state index is 13.0. The number of hydrogen-bond donors (Lipinski definition) is 3. The predicted molar refractivity (Wildman–Crippen MR) is 118 cm³/mol. The van der Waals surface area contributed by atoms with Crippen molar-refractivity contribution >= 4 is 18.1 Å². The van der Waals surface area contributed by atoms with Crippen LogP contribution in [0.3, 0.4) is 0 Å². The number of aliphatic hydroxyl groups is 1. The summed E-state index contributed by atoms with van der Waals surface area (Å²) >= 11 is 0. The molecule has 32 heavy (non-hydrogen) atoms. The third kappa shape index (κ3) is 5.11. The molecule has 3 aromatic rings. The van der Waals surface area contributed by atoms with Gasteiger partial charge in [0, 0.05) is 0 Å². The largest absolute Gasteiger partial charge is 0.493 e. The number of hydrazone groups is 1. The van der Waals surface area contributed by atoms with Crippen molar-refractivity contribution in [2.45, 2.75) is 5.60 Å². The molecule has 0 unspecified atom stereocenters. The van der Waals surface area contributed by atoms with Crippen molar-refractivity contribution in [1.29, 1.82) is 0 Å². The van der Waals surface area contributed by atoms with Gasteiger partial charge in [-0.3, -0.25) is 4.79 Å². The second kappa shape index (κ2) is 10.2. The van der Waals surface area contributed by atoms with Crippen molar-refractivity contribution in [3.63, 3.8) is 0 Å². The Morgan fingerprint density at radius 2 is 1.56 bits per heavy atom. The lowest BCUT2D eigenvalue weighted by Gasteiger charge is -2.27. The number of ether oxygens (including phenoxy) is 2. The fourth-order valence-corrected chi connectivity index (χ4v) is 3.06. The highest BCUT2D eigenvalue weighted by Gasteiger charge is 2.39. The molecule has 3 N–H and O–H groups in total. The molecular weight excluding hydrogens is 412 g/mol. The van der Waals surface area contributed by atoms with Gasteiger partial charge in [0.2, 0.25) is 0 Å². The quantitative estimate of drug-likeness (QED) is 0.352. The molecule has 0 saturated heterocycles. The summed E-state index contributed by atoms with van der Waals surface area (Å²) in [6, 6.07) is 21.9. The van der Waals surface area contributed by atoms with E-state index in [0.29, 0.717) is 22.4 Å². The van der Waals surface area contributed by atoms with Crippen LogP contribution in [0, 0.1) is 0 Å². The van der Waals surface area contributed by atoms with Gasteiger partial charge in [-0.2, -0.15) is 5.10 Å². The summed E-state index contributed by atoms with van der Waals surface area (Å²) in [6.07, 6.45) is 1.37. The lowest BCUT2D eigenvalue weighted by Crippen LogP contribution is -2.43. The first-order valence-electron chi connectivity index (χ1n) is 9.64. The van der Waals surface area contributed by atoms with Crippen LogP contribution in [0.15, 0.2) is 84.0 Å². The number of carbonyl (C=O) groups is 2. The molecule has 8 nitrogen and oxygen atoms in total. The number of nitrogens with zero attached hydrogens (tertiary/aromatic N) is 1. The van der Waals surface area contributed by atoms with Crippen LogP contribution in [-0.4, -0.2) is 42.0 Å². The molecule has 0 aromatic heterocycles. The Kier molecular flexibility index (Phi) is 7.20. The van der Waals surface area contributed by atoms with Crippen molar-refractivity contribution in [2.24, 2.45) is 5.10 Å². The van der Waals surface area contributed by atoms with Crippen molar-refractivity contribution in [2.75, 3.05) is 13.7 Å². The van der Waals surface area contributed by atoms with E-state index < -0.39 is 24.1 Å². The summed E-state index contributed by atoms with van der Waals surface area (Å²) in [7, 11) is 1.42. The molecule has 0 saturated carbocycles. The lowest BCUT2D eigenvalue weighted by molar-refractivity contribution is -0.139. The average molecular weight is 434 g/mol. The SMILES string of the molecule is COc1cc(/C=N/NC(=O)C(O)(c2ccccc2)c2ccccc2)ccc1OCC(=O)O. The number of rotatable bonds is 9. The number of carboxylic acid groups (broad SMARTS) is 1. The highest BCUT2D eigenvalue weighted by atomic mass is 16.5. The van der Waals surface area contributed by atoms with E-state index in [9.17, 15) is 14.7 Å². The van der Waals surface area contributed by atoms with Crippen LogP contribution in [0.4, 0.5) is 0 Å². The Bertz CT molecular complexity index is 1060. The fraction of sp³-hybridized carbons (Fsp3) is 0.125. The third-order valence-corrected chi connectivity index (χ3v) is 4.63. The molecule has 0 heterocycles. The first-order valence-corrected chi connectivity index (χ1v) is 9.64. The van der Waals surface area contributed by atoms with Gasteiger partial charge in [0.05, 0.1) is 13.3 Å². The van der Waals surface area contributed by atoms with E-state index in [1.165, 1.54) is 19.4 Å². The summed E-state index contributed by atoms with van der Waals surface area (Å²) in [5, 5.41) is 24.1. The number of carboxylic acids is 1. The molecule has 164 valence electrons. The Hall–Kier alpha value is -4.17. The molecule has 0 aliphatic carbocycles. The topological polar surface area (TPSA) is 117 Å². The van der Waals surface area contributed by atoms with E-state index in [1.54, 1.807) is 72.8 Å². The normalized spacial score (nSPS) is 11.2. The van der Waals surface area contributed by atoms with E-state index in [2.05, 4.69) is 10.5 Å². The van der Waals surface area contributed by atoms with Gasteiger partial charge in [-0.25, -0.2) is 10.2 Å². The van der Waals surface area contributed by atoms with Crippen molar-refractivity contribution in [3.8, 4) is 11.5 Å². The Morgan fingerprint density at radius 1 is 0.969 bits per heavy atom. The highest BCUT2D eigenvalue weighted by molar-refractivity contribution is 5.91. The van der Waals surface area contributed by atoms with Gasteiger partial charge in [0.1, 0.15) is 0 Å². The van der Waals surface area contributed by atoms with E-state index >= 15 is 0 Å². The van der Waals surface area contributed by atoms with Gasteiger partial charge >= 0.3 is 5.97 Å². The van der Waals surface area contributed by atoms with Crippen LogP contribution >= 0.6 is 0 Å². The molecule has 0 spiro atoms. The first-order chi connectivity index (χ1) is 15.4. The van der Waals surface area contributed by atoms with Gasteiger partial charge in [-0.15, -0.1) is 0 Å². The zero-order valence-corrected chi connectivity index (χ0v) is 17.3. The summed E-state index contributed by atoms with van der Waals surface area (Å²) in [6.45, 7) is -0.503. The van der Waals surface area contributed by atoms with Crippen LogP contribution in [0.2, 0.25) is 0 Å². The summed E-state index contributed by atoms with van der Waals surface area (Å²) in [5.41, 5.74) is 1.82. The summed E-state index contributed by atoms with van der Waals surface area (Å²) < 4.78 is 10.4. The second-order valence-corrected chi connectivity index (χ2v) is 6.73. The van der Waals surface area contributed by atoms with Crippen LogP contribution in [0.5, 0.6) is 11.5 Å². The third-order valence-electron chi connectivity index (χ3n) is 4.63. The summed E-state index contributed by atoms with van der Waals surface area (Å²) in [5.74, 6) is -1.26. The highest BCUT2D eigenvalue weighted by Crippen LogP contribution is 2.30. The second-order valence-electron chi connectivity index (χ2n) is 6.73. The van der Waals surface area contributed by atoms with Gasteiger partial charge in [-0.05, 0) is 34.9 Å². The molecule has 0 fully saturated rings. The average Bonchev–Trinajstić information content (AvgIpc) is 2.83. The van der Waals surface area contributed by atoms with Gasteiger partial charge in [0.25, 0.3) is 5.91 Å². The van der Waals surface area contributed by atoms with E-state index in [-0.39, 0.29) is 5.75 Å². The maximum atomic E-state index is 13.0. The van der Waals surface area contributed by atoms with E-state index in [4.69, 9.17) is 14.6 Å². The molecular formula is C24H22N2O6. The number of aliphatic carboxylic acids is 1. The maximum Gasteiger partial charge on any atom is 0.341 e. The number of methoxy groups -OCH3 is 1. The molecule has 3 rings (SSSR count). The first kappa shape index (κ1) is 22.5. The molecule has 0 atom stereocenters. The standard InChI is InChI=1S/C24H22N2O6/c1-31-21-14-17(12-13-20(21)32-16-22(27)28)15-25-26-23(29)24(30,18-8-4-2-5-9-18)19-10-6-3-7-11-19/h2-15,30H,16H2,1H3,(H,26,29)(H,27,28)/b25-15+. The molecule has 8 heteroatoms. The molecule has 1 amide bonds. The van der Waals surface area contributed by atoms with Gasteiger partial charge in [0.15, 0.2) is 23.7 Å². The van der Waals surface area contributed by atoms with Crippen LogP contribution in [0.25, 0.3) is 0 Å². The minimum absolute atomic E-state index is 0.263. The number of hydrogen-bond acceptors (Lipinski definition) is 6. The zero-order chi connectivity index (χ0) is 23.0. The Labute approximate surface area is 184 Å². The van der Waals surface area contributed by atoms with Crippen molar-refractivity contribution < 1.29 is 29.3 Å². The molecule has 0 aliphatic rings. The minimum Gasteiger partial charge on any atom is -0.493 e. The van der Waals surface area contributed by atoms with Crippen molar-refractivity contribution in [1.82, 2.24) is 5.43 Å². The monoisotopic (exact) mass is 434 g/mol. The lowest BCUT2D eigenvalue weighted by atomic mass is 9.85.